The van der Waals surface area contributed by atoms with E-state index in [1.165, 1.54) is 4.31 Å². The number of hydrogen-bond acceptors (Lipinski definition) is 7. The van der Waals surface area contributed by atoms with Gasteiger partial charge in [-0.25, -0.2) is 23.4 Å². The molecule has 2 aromatic heterocycles. The lowest BCUT2D eigenvalue weighted by Crippen LogP contribution is -2.49. The molecule has 0 saturated carbocycles. The van der Waals surface area contributed by atoms with Crippen LogP contribution in [0.2, 0.25) is 0 Å². The molecule has 0 N–H and O–H groups in total. The van der Waals surface area contributed by atoms with Crippen molar-refractivity contribution in [2.45, 2.75) is 31.8 Å². The summed E-state index contributed by atoms with van der Waals surface area (Å²) in [6, 6.07) is 2.10. The Kier molecular flexibility index (Phi) is 5.38. The molecule has 148 valence electrons. The number of rotatable bonds is 5. The van der Waals surface area contributed by atoms with Gasteiger partial charge in [0.15, 0.2) is 5.03 Å². The molecule has 0 spiro atoms. The fourth-order valence-corrected chi connectivity index (χ4v) is 4.29. The molecule has 0 atom stereocenters. The Labute approximate surface area is 160 Å². The van der Waals surface area contributed by atoms with Crippen molar-refractivity contribution in [3.8, 4) is 0 Å². The molecule has 1 aliphatic rings. The monoisotopic (exact) mass is 393 g/mol. The Morgan fingerprint density at radius 3 is 2.33 bits per heavy atom. The maximum atomic E-state index is 12.9. The largest absolute Gasteiger partial charge is 0.363 e. The molecule has 2 aromatic rings. The van der Waals surface area contributed by atoms with Gasteiger partial charge in [0.1, 0.15) is 17.5 Å². The van der Waals surface area contributed by atoms with Gasteiger partial charge >= 0.3 is 0 Å². The van der Waals surface area contributed by atoms with Gasteiger partial charge in [-0.2, -0.15) is 4.31 Å². The molecule has 27 heavy (non-hydrogen) atoms. The van der Waals surface area contributed by atoms with E-state index in [2.05, 4.69) is 19.9 Å². The Morgan fingerprint density at radius 1 is 1.11 bits per heavy atom. The molecule has 0 amide bonds. The average molecular weight is 394 g/mol. The first-order valence-corrected chi connectivity index (χ1v) is 10.4. The van der Waals surface area contributed by atoms with E-state index >= 15 is 0 Å². The molecule has 3 rings (SSSR count). The van der Waals surface area contributed by atoms with Gasteiger partial charge in [-0.1, -0.05) is 0 Å². The SMILES string of the molecule is Cc1nc(N(C)C)cc(N2CCN(S(=O)(=O)c3cn(C(C)C)cn3)CC2)n1. The van der Waals surface area contributed by atoms with Crippen LogP contribution in [-0.2, 0) is 10.0 Å². The van der Waals surface area contributed by atoms with Crippen LogP contribution in [0.1, 0.15) is 25.7 Å². The van der Waals surface area contributed by atoms with Gasteiger partial charge in [0.2, 0.25) is 0 Å². The van der Waals surface area contributed by atoms with Crippen molar-refractivity contribution < 1.29 is 8.42 Å². The van der Waals surface area contributed by atoms with E-state index in [4.69, 9.17) is 0 Å². The van der Waals surface area contributed by atoms with E-state index in [-0.39, 0.29) is 11.1 Å². The summed E-state index contributed by atoms with van der Waals surface area (Å²) in [6.45, 7) is 7.79. The molecule has 0 radical (unpaired) electrons. The second-order valence-corrected chi connectivity index (χ2v) is 9.05. The maximum Gasteiger partial charge on any atom is 0.262 e. The van der Waals surface area contributed by atoms with Crippen LogP contribution in [0.3, 0.4) is 0 Å². The minimum Gasteiger partial charge on any atom is -0.363 e. The molecule has 1 saturated heterocycles. The molecule has 9 nitrogen and oxygen atoms in total. The number of aromatic nitrogens is 4. The molecule has 0 aromatic carbocycles. The van der Waals surface area contributed by atoms with Crippen LogP contribution in [0.5, 0.6) is 0 Å². The van der Waals surface area contributed by atoms with E-state index in [0.29, 0.717) is 32.0 Å². The van der Waals surface area contributed by atoms with Gasteiger partial charge in [-0.15, -0.1) is 0 Å². The predicted molar refractivity (Wildman–Crippen MR) is 105 cm³/mol. The third-order valence-corrected chi connectivity index (χ3v) is 6.39. The van der Waals surface area contributed by atoms with E-state index in [9.17, 15) is 8.42 Å². The Hall–Kier alpha value is -2.20. The highest BCUT2D eigenvalue weighted by atomic mass is 32.2. The second-order valence-electron chi connectivity index (χ2n) is 7.17. The van der Waals surface area contributed by atoms with Gasteiger partial charge in [0.25, 0.3) is 10.0 Å². The highest BCUT2D eigenvalue weighted by molar-refractivity contribution is 7.89. The summed E-state index contributed by atoms with van der Waals surface area (Å²) in [4.78, 5) is 17.1. The van der Waals surface area contributed by atoms with Gasteiger partial charge in [-0.05, 0) is 20.8 Å². The van der Waals surface area contributed by atoms with Crippen LogP contribution in [0.25, 0.3) is 0 Å². The normalized spacial score (nSPS) is 16.1. The van der Waals surface area contributed by atoms with Gasteiger partial charge in [0, 0.05) is 58.6 Å². The lowest BCUT2D eigenvalue weighted by molar-refractivity contribution is 0.382. The topological polar surface area (TPSA) is 87.5 Å². The standard InChI is InChI=1S/C17H27N7O2S/c1-13(2)23-11-17(18-12-23)27(25,26)24-8-6-22(7-9-24)16-10-15(21(4)5)19-14(3)20-16/h10-13H,6-9H2,1-5H3. The van der Waals surface area contributed by atoms with Crippen LogP contribution in [-0.4, -0.2) is 72.5 Å². The Bertz CT molecular complexity index is 900. The van der Waals surface area contributed by atoms with Crippen molar-refractivity contribution in [1.82, 2.24) is 23.8 Å². The average Bonchev–Trinajstić information content (AvgIpc) is 3.12. The third-order valence-electron chi connectivity index (χ3n) is 4.61. The molecule has 1 aliphatic heterocycles. The molecule has 0 unspecified atom stereocenters. The lowest BCUT2D eigenvalue weighted by atomic mass is 10.3. The zero-order chi connectivity index (χ0) is 19.8. The number of sulfonamides is 1. The van der Waals surface area contributed by atoms with Crippen LogP contribution < -0.4 is 9.80 Å². The minimum atomic E-state index is -3.58. The van der Waals surface area contributed by atoms with E-state index in [0.717, 1.165) is 11.6 Å². The van der Waals surface area contributed by atoms with Crippen molar-refractivity contribution >= 4 is 21.7 Å². The number of nitrogens with zero attached hydrogens (tertiary/aromatic N) is 7. The first-order chi connectivity index (χ1) is 12.7. The Morgan fingerprint density at radius 2 is 1.78 bits per heavy atom. The zero-order valence-corrected chi connectivity index (χ0v) is 17.3. The van der Waals surface area contributed by atoms with E-state index in [1.807, 2.05) is 45.8 Å². The smallest absolute Gasteiger partial charge is 0.262 e. The number of aryl methyl sites for hydroxylation is 1. The van der Waals surface area contributed by atoms with Crippen molar-refractivity contribution in [1.29, 1.82) is 0 Å². The fourth-order valence-electron chi connectivity index (χ4n) is 2.95. The van der Waals surface area contributed by atoms with Crippen molar-refractivity contribution in [3.63, 3.8) is 0 Å². The van der Waals surface area contributed by atoms with Gasteiger partial charge in [-0.3, -0.25) is 0 Å². The molecule has 0 bridgehead atoms. The highest BCUT2D eigenvalue weighted by Crippen LogP contribution is 2.22. The summed E-state index contributed by atoms with van der Waals surface area (Å²) in [5.74, 6) is 2.37. The quantitative estimate of drug-likeness (QED) is 0.753. The first-order valence-electron chi connectivity index (χ1n) is 9.00. The van der Waals surface area contributed by atoms with Crippen molar-refractivity contribution in [2.24, 2.45) is 0 Å². The number of anilines is 2. The first kappa shape index (κ1) is 19.6. The predicted octanol–water partition coefficient (Wildman–Crippen LogP) is 1.14. The molecule has 1 fully saturated rings. The van der Waals surface area contributed by atoms with Crippen LogP contribution >= 0.6 is 0 Å². The summed E-state index contributed by atoms with van der Waals surface area (Å²) in [5, 5.41) is 0.109. The molecule has 0 aliphatic carbocycles. The number of hydrogen-bond donors (Lipinski definition) is 0. The maximum absolute atomic E-state index is 12.9. The summed E-state index contributed by atoms with van der Waals surface area (Å²) in [5.41, 5.74) is 0. The fraction of sp³-hybridized carbons (Fsp3) is 0.588. The minimum absolute atomic E-state index is 0.109. The molecular formula is C17H27N7O2S. The van der Waals surface area contributed by atoms with Crippen molar-refractivity contribution in [3.05, 3.63) is 24.4 Å². The third kappa shape index (κ3) is 4.06. The summed E-state index contributed by atoms with van der Waals surface area (Å²) in [7, 11) is 0.297. The Balaban J connectivity index is 1.73. The molecule has 10 heteroatoms. The van der Waals surface area contributed by atoms with E-state index in [1.54, 1.807) is 17.1 Å². The molecular weight excluding hydrogens is 366 g/mol. The van der Waals surface area contributed by atoms with E-state index < -0.39 is 10.0 Å². The van der Waals surface area contributed by atoms with Crippen molar-refractivity contribution in [2.75, 3.05) is 50.1 Å². The molecule has 3 heterocycles. The van der Waals surface area contributed by atoms with Crippen LogP contribution in [0.4, 0.5) is 11.6 Å². The second kappa shape index (κ2) is 7.43. The summed E-state index contributed by atoms with van der Waals surface area (Å²) >= 11 is 0. The summed E-state index contributed by atoms with van der Waals surface area (Å²) in [6.07, 6.45) is 3.17. The zero-order valence-electron chi connectivity index (χ0n) is 16.5. The van der Waals surface area contributed by atoms with Crippen LogP contribution in [0.15, 0.2) is 23.6 Å². The van der Waals surface area contributed by atoms with Gasteiger partial charge in [0.05, 0.1) is 6.33 Å². The number of imidazole rings is 1. The summed E-state index contributed by atoms with van der Waals surface area (Å²) < 4.78 is 29.0. The number of piperazine rings is 1. The van der Waals surface area contributed by atoms with Gasteiger partial charge < -0.3 is 14.4 Å². The highest BCUT2D eigenvalue weighted by Gasteiger charge is 2.31. The van der Waals surface area contributed by atoms with Crippen LogP contribution in [0, 0.1) is 6.92 Å². The lowest BCUT2D eigenvalue weighted by Gasteiger charge is -2.34.